The van der Waals surface area contributed by atoms with Gasteiger partial charge in [-0.3, -0.25) is 9.79 Å². The summed E-state index contributed by atoms with van der Waals surface area (Å²) in [6, 6.07) is 28.3. The number of ketones is 1. The van der Waals surface area contributed by atoms with E-state index in [1.807, 2.05) is 60.7 Å². The molecule has 0 spiro atoms. The van der Waals surface area contributed by atoms with Gasteiger partial charge in [0.15, 0.2) is 5.78 Å². The van der Waals surface area contributed by atoms with Crippen molar-refractivity contribution in [3.05, 3.63) is 118 Å². The van der Waals surface area contributed by atoms with Crippen molar-refractivity contribution in [2.45, 2.75) is 18.8 Å². The monoisotopic (exact) mass is 429 g/mol. The molecule has 4 rings (SSSR count). The van der Waals surface area contributed by atoms with Crippen LogP contribution in [0.15, 0.2) is 106 Å². The number of carbonyl (C=O) groups excluding carboxylic acids is 1. The summed E-state index contributed by atoms with van der Waals surface area (Å²) in [4.78, 5) is 18.1. The minimum absolute atomic E-state index is 0.102. The van der Waals surface area contributed by atoms with Crippen molar-refractivity contribution in [1.29, 1.82) is 0 Å². The number of hydrogen-bond donors (Lipinski definition) is 0. The van der Waals surface area contributed by atoms with Crippen molar-refractivity contribution in [2.75, 3.05) is 0 Å². The average Bonchev–Trinajstić information content (AvgIpc) is 2.69. The van der Waals surface area contributed by atoms with Crippen molar-refractivity contribution in [3.8, 4) is 0 Å². The molecular weight excluding hydrogens is 410 g/mol. The first-order valence-corrected chi connectivity index (χ1v) is 10.1. The van der Waals surface area contributed by atoms with E-state index in [4.69, 9.17) is 4.99 Å². The fraction of sp³-hybridized carbons (Fsp3) is 0.120. The van der Waals surface area contributed by atoms with Crippen LogP contribution in [0.5, 0.6) is 0 Å². The Balaban J connectivity index is 1.70. The Labute approximate surface area is 173 Å². The molecule has 1 aliphatic heterocycles. The normalized spacial score (nSPS) is 16.5. The largest absolute Gasteiger partial charge is 0.294 e. The van der Waals surface area contributed by atoms with Gasteiger partial charge in [-0.15, -0.1) is 0 Å². The van der Waals surface area contributed by atoms with E-state index in [1.54, 1.807) is 6.08 Å². The number of halogens is 1. The number of aliphatic imine (C=N–C) groups is 1. The SMILES string of the molecule is O=C1C=C(Cc2ccccc2)N=C(Cc2ccccc2)C1c1cccc(Br)c1. The Morgan fingerprint density at radius 3 is 2.07 bits per heavy atom. The van der Waals surface area contributed by atoms with Crippen LogP contribution in [-0.4, -0.2) is 11.5 Å². The molecule has 1 atom stereocenters. The molecule has 28 heavy (non-hydrogen) atoms. The maximum atomic E-state index is 13.1. The van der Waals surface area contributed by atoms with Gasteiger partial charge in [0, 0.05) is 34.8 Å². The highest BCUT2D eigenvalue weighted by molar-refractivity contribution is 9.10. The van der Waals surface area contributed by atoms with Gasteiger partial charge >= 0.3 is 0 Å². The summed E-state index contributed by atoms with van der Waals surface area (Å²) in [5.74, 6) is -0.234. The molecule has 0 fully saturated rings. The van der Waals surface area contributed by atoms with Crippen molar-refractivity contribution in [2.24, 2.45) is 4.99 Å². The summed E-state index contributed by atoms with van der Waals surface area (Å²) >= 11 is 3.53. The summed E-state index contributed by atoms with van der Waals surface area (Å²) in [5.41, 5.74) is 5.03. The van der Waals surface area contributed by atoms with Crippen LogP contribution < -0.4 is 0 Å². The molecule has 0 N–H and O–H groups in total. The van der Waals surface area contributed by atoms with E-state index in [9.17, 15) is 4.79 Å². The first-order valence-electron chi connectivity index (χ1n) is 9.34. The lowest BCUT2D eigenvalue weighted by Gasteiger charge is -2.23. The quantitative estimate of drug-likeness (QED) is 0.494. The molecule has 3 aromatic rings. The zero-order valence-corrected chi connectivity index (χ0v) is 17.0. The average molecular weight is 430 g/mol. The fourth-order valence-electron chi connectivity index (χ4n) is 3.58. The molecule has 0 saturated carbocycles. The first kappa shape index (κ1) is 18.6. The molecule has 1 unspecified atom stereocenters. The van der Waals surface area contributed by atoms with Gasteiger partial charge in [-0.05, 0) is 28.8 Å². The van der Waals surface area contributed by atoms with Crippen molar-refractivity contribution >= 4 is 27.4 Å². The molecule has 0 bridgehead atoms. The zero-order chi connectivity index (χ0) is 19.3. The van der Waals surface area contributed by atoms with Crippen molar-refractivity contribution in [3.63, 3.8) is 0 Å². The van der Waals surface area contributed by atoms with Crippen LogP contribution in [0.2, 0.25) is 0 Å². The third-order valence-electron chi connectivity index (χ3n) is 4.85. The van der Waals surface area contributed by atoms with E-state index in [0.717, 1.165) is 32.6 Å². The number of rotatable bonds is 5. The minimum atomic E-state index is -0.336. The summed E-state index contributed by atoms with van der Waals surface area (Å²) in [5, 5.41) is 0. The maximum absolute atomic E-state index is 13.1. The molecule has 0 saturated heterocycles. The van der Waals surface area contributed by atoms with Crippen LogP contribution in [0.25, 0.3) is 0 Å². The molecule has 1 heterocycles. The molecule has 0 amide bonds. The van der Waals surface area contributed by atoms with Crippen LogP contribution in [0.1, 0.15) is 22.6 Å². The smallest absolute Gasteiger partial charge is 0.170 e. The molecule has 0 aromatic heterocycles. The maximum Gasteiger partial charge on any atom is 0.170 e. The van der Waals surface area contributed by atoms with Gasteiger partial charge in [-0.2, -0.15) is 0 Å². The van der Waals surface area contributed by atoms with Crippen molar-refractivity contribution < 1.29 is 4.79 Å². The number of allylic oxidation sites excluding steroid dienone is 2. The second-order valence-electron chi connectivity index (χ2n) is 6.95. The van der Waals surface area contributed by atoms with E-state index < -0.39 is 0 Å². The first-order chi connectivity index (χ1) is 13.7. The molecule has 138 valence electrons. The highest BCUT2D eigenvalue weighted by Crippen LogP contribution is 2.29. The third-order valence-corrected chi connectivity index (χ3v) is 5.35. The Hall–Kier alpha value is -2.78. The highest BCUT2D eigenvalue weighted by atomic mass is 79.9. The molecular formula is C25H20BrNO. The molecule has 3 aromatic carbocycles. The number of carbonyl (C=O) groups is 1. The molecule has 3 heteroatoms. The van der Waals surface area contributed by atoms with Gasteiger partial charge in [0.05, 0.1) is 5.92 Å². The fourth-order valence-corrected chi connectivity index (χ4v) is 3.99. The lowest BCUT2D eigenvalue weighted by atomic mass is 9.84. The molecule has 1 aliphatic rings. The number of benzene rings is 3. The van der Waals surface area contributed by atoms with Gasteiger partial charge in [0.2, 0.25) is 0 Å². The van der Waals surface area contributed by atoms with Gasteiger partial charge < -0.3 is 0 Å². The van der Waals surface area contributed by atoms with Crippen molar-refractivity contribution in [1.82, 2.24) is 0 Å². The van der Waals surface area contributed by atoms with Crippen LogP contribution in [-0.2, 0) is 17.6 Å². The van der Waals surface area contributed by atoms with E-state index in [0.29, 0.717) is 12.8 Å². The summed E-state index contributed by atoms with van der Waals surface area (Å²) in [6.07, 6.45) is 3.04. The van der Waals surface area contributed by atoms with Crippen LogP contribution >= 0.6 is 15.9 Å². The predicted octanol–water partition coefficient (Wildman–Crippen LogP) is 5.93. The van der Waals surface area contributed by atoms with Crippen LogP contribution in [0.4, 0.5) is 0 Å². The topological polar surface area (TPSA) is 29.4 Å². The molecule has 0 radical (unpaired) electrons. The second-order valence-corrected chi connectivity index (χ2v) is 7.87. The van der Waals surface area contributed by atoms with Gasteiger partial charge in [0.1, 0.15) is 0 Å². The van der Waals surface area contributed by atoms with Gasteiger partial charge in [0.25, 0.3) is 0 Å². The lowest BCUT2D eigenvalue weighted by Crippen LogP contribution is -2.26. The Morgan fingerprint density at radius 1 is 0.786 bits per heavy atom. The van der Waals surface area contributed by atoms with Gasteiger partial charge in [-0.1, -0.05) is 88.7 Å². The van der Waals surface area contributed by atoms with E-state index >= 15 is 0 Å². The Kier molecular flexibility index (Phi) is 5.63. The Bertz CT molecular complexity index is 1040. The number of hydrogen-bond acceptors (Lipinski definition) is 2. The summed E-state index contributed by atoms with van der Waals surface area (Å²) < 4.78 is 0.968. The zero-order valence-electron chi connectivity index (χ0n) is 15.4. The van der Waals surface area contributed by atoms with E-state index in [2.05, 4.69) is 40.2 Å². The lowest BCUT2D eigenvalue weighted by molar-refractivity contribution is -0.114. The van der Waals surface area contributed by atoms with Gasteiger partial charge in [-0.25, -0.2) is 0 Å². The molecule has 0 aliphatic carbocycles. The second kappa shape index (κ2) is 8.49. The highest BCUT2D eigenvalue weighted by Gasteiger charge is 2.29. The van der Waals surface area contributed by atoms with E-state index in [-0.39, 0.29) is 11.7 Å². The van der Waals surface area contributed by atoms with Crippen LogP contribution in [0.3, 0.4) is 0 Å². The standard InChI is InChI=1S/C25H20BrNO/c26-21-13-7-12-20(16-21)25-23(15-19-10-5-2-6-11-19)27-22(17-24(25)28)14-18-8-3-1-4-9-18/h1-13,16-17,25H,14-15H2. The van der Waals surface area contributed by atoms with E-state index in [1.165, 1.54) is 0 Å². The third kappa shape index (κ3) is 4.37. The summed E-state index contributed by atoms with van der Waals surface area (Å²) in [7, 11) is 0. The molecule has 2 nitrogen and oxygen atoms in total. The Morgan fingerprint density at radius 2 is 1.43 bits per heavy atom. The number of nitrogens with zero attached hydrogens (tertiary/aromatic N) is 1. The minimum Gasteiger partial charge on any atom is -0.294 e. The predicted molar refractivity (Wildman–Crippen MR) is 118 cm³/mol. The summed E-state index contributed by atoms with van der Waals surface area (Å²) in [6.45, 7) is 0. The van der Waals surface area contributed by atoms with Crippen LogP contribution in [0, 0.1) is 0 Å².